The number of halogens is 1. The van der Waals surface area contributed by atoms with E-state index in [9.17, 15) is 0 Å². The van der Waals surface area contributed by atoms with Gasteiger partial charge in [-0.05, 0) is 67.3 Å². The molecule has 1 fully saturated rings. The van der Waals surface area contributed by atoms with E-state index in [4.69, 9.17) is 11.6 Å². The maximum absolute atomic E-state index is 6.21. The molecule has 2 heterocycles. The predicted molar refractivity (Wildman–Crippen MR) is 116 cm³/mol. The summed E-state index contributed by atoms with van der Waals surface area (Å²) in [4.78, 5) is 12.1. The van der Waals surface area contributed by atoms with E-state index in [0.29, 0.717) is 22.6 Å². The number of pyridine rings is 1. The molecule has 3 N–H and O–H groups in total. The SMILES string of the molecule is Cc1ccnc(Cl)c1Nc1nc2ccc(CNC3CCC(C)(C)CC3)cc2[nH]1. The van der Waals surface area contributed by atoms with Gasteiger partial charge in [-0.25, -0.2) is 9.97 Å². The number of rotatable bonds is 5. The number of H-pyrrole nitrogens is 1. The average molecular weight is 398 g/mol. The van der Waals surface area contributed by atoms with Crippen molar-refractivity contribution in [2.75, 3.05) is 5.32 Å². The second-order valence-corrected chi connectivity index (χ2v) is 9.03. The molecule has 0 atom stereocenters. The summed E-state index contributed by atoms with van der Waals surface area (Å²) in [5, 5.41) is 7.44. The van der Waals surface area contributed by atoms with E-state index in [1.54, 1.807) is 6.20 Å². The van der Waals surface area contributed by atoms with Crippen molar-refractivity contribution in [3.63, 3.8) is 0 Å². The number of imidazole rings is 1. The number of hydrogen-bond donors (Lipinski definition) is 3. The smallest absolute Gasteiger partial charge is 0.205 e. The summed E-state index contributed by atoms with van der Waals surface area (Å²) in [6, 6.07) is 8.93. The molecule has 4 rings (SSSR count). The van der Waals surface area contributed by atoms with Crippen LogP contribution < -0.4 is 10.6 Å². The number of nitrogens with zero attached hydrogens (tertiary/aromatic N) is 2. The van der Waals surface area contributed by atoms with E-state index in [1.165, 1.54) is 31.2 Å². The van der Waals surface area contributed by atoms with E-state index in [0.717, 1.165) is 28.8 Å². The standard InChI is InChI=1S/C22H28ClN5/c1-14-8-11-24-20(23)19(14)28-21-26-17-5-4-15(12-18(17)27-21)13-25-16-6-9-22(2,3)10-7-16/h4-5,8,11-12,16,25H,6-7,9-10,13H2,1-3H3,(H2,26,27,28). The quantitative estimate of drug-likeness (QED) is 0.481. The molecule has 0 bridgehead atoms. The summed E-state index contributed by atoms with van der Waals surface area (Å²) < 4.78 is 0. The summed E-state index contributed by atoms with van der Waals surface area (Å²) in [5.74, 6) is 0.674. The van der Waals surface area contributed by atoms with Crippen molar-refractivity contribution in [1.82, 2.24) is 20.3 Å². The van der Waals surface area contributed by atoms with E-state index in [2.05, 4.69) is 57.6 Å². The fourth-order valence-corrected chi connectivity index (χ4v) is 4.14. The molecule has 0 saturated heterocycles. The highest BCUT2D eigenvalue weighted by Gasteiger charge is 2.26. The van der Waals surface area contributed by atoms with Gasteiger partial charge in [0.25, 0.3) is 0 Å². The molecule has 1 aliphatic carbocycles. The van der Waals surface area contributed by atoms with Gasteiger partial charge >= 0.3 is 0 Å². The lowest BCUT2D eigenvalue weighted by atomic mass is 9.75. The molecule has 0 aliphatic heterocycles. The maximum atomic E-state index is 6.21. The summed E-state index contributed by atoms with van der Waals surface area (Å²) in [7, 11) is 0. The fraction of sp³-hybridized carbons (Fsp3) is 0.455. The van der Waals surface area contributed by atoms with Crippen molar-refractivity contribution in [3.8, 4) is 0 Å². The molecule has 1 aromatic carbocycles. The van der Waals surface area contributed by atoms with Crippen molar-refractivity contribution in [2.45, 2.75) is 59.0 Å². The topological polar surface area (TPSA) is 65.6 Å². The molecule has 1 aliphatic rings. The molecular formula is C22H28ClN5. The van der Waals surface area contributed by atoms with Crippen molar-refractivity contribution in [1.29, 1.82) is 0 Å². The molecule has 6 heteroatoms. The molecule has 0 radical (unpaired) electrons. The van der Waals surface area contributed by atoms with Crippen LogP contribution in [0.3, 0.4) is 0 Å². The zero-order valence-electron chi connectivity index (χ0n) is 16.8. The van der Waals surface area contributed by atoms with Crippen LogP contribution in [0.15, 0.2) is 30.5 Å². The first-order valence-electron chi connectivity index (χ1n) is 10.00. The van der Waals surface area contributed by atoms with Crippen LogP contribution in [0.2, 0.25) is 5.15 Å². The van der Waals surface area contributed by atoms with Crippen LogP contribution in [0.1, 0.15) is 50.7 Å². The minimum Gasteiger partial charge on any atom is -0.324 e. The lowest BCUT2D eigenvalue weighted by Crippen LogP contribution is -2.35. The third kappa shape index (κ3) is 4.31. The van der Waals surface area contributed by atoms with Gasteiger partial charge in [-0.2, -0.15) is 0 Å². The van der Waals surface area contributed by atoms with Gasteiger partial charge in [0.1, 0.15) is 0 Å². The zero-order chi connectivity index (χ0) is 19.7. The molecule has 28 heavy (non-hydrogen) atoms. The second kappa shape index (κ2) is 7.72. The van der Waals surface area contributed by atoms with Crippen molar-refractivity contribution in [3.05, 3.63) is 46.7 Å². The lowest BCUT2D eigenvalue weighted by Gasteiger charge is -2.34. The highest BCUT2D eigenvalue weighted by molar-refractivity contribution is 6.32. The molecule has 0 unspecified atom stereocenters. The van der Waals surface area contributed by atoms with Crippen LogP contribution in [0, 0.1) is 12.3 Å². The summed E-state index contributed by atoms with van der Waals surface area (Å²) >= 11 is 6.21. The van der Waals surface area contributed by atoms with Crippen molar-refractivity contribution >= 4 is 34.3 Å². The third-order valence-corrected chi connectivity index (χ3v) is 6.12. The Labute approximate surface area is 171 Å². The van der Waals surface area contributed by atoms with Gasteiger partial charge in [0.05, 0.1) is 16.7 Å². The second-order valence-electron chi connectivity index (χ2n) is 8.67. The minimum absolute atomic E-state index is 0.445. The molecule has 1 saturated carbocycles. The molecule has 5 nitrogen and oxygen atoms in total. The highest BCUT2D eigenvalue weighted by Crippen LogP contribution is 2.35. The molecule has 0 amide bonds. The molecule has 3 aromatic rings. The number of aryl methyl sites for hydroxylation is 1. The van der Waals surface area contributed by atoms with Crippen LogP contribution in [-0.2, 0) is 6.54 Å². The normalized spacial score (nSPS) is 17.1. The van der Waals surface area contributed by atoms with E-state index >= 15 is 0 Å². The first-order chi connectivity index (χ1) is 13.4. The maximum Gasteiger partial charge on any atom is 0.205 e. The lowest BCUT2D eigenvalue weighted by molar-refractivity contribution is 0.206. The van der Waals surface area contributed by atoms with Gasteiger partial charge in [-0.3, -0.25) is 0 Å². The minimum atomic E-state index is 0.445. The predicted octanol–water partition coefficient (Wildman–Crippen LogP) is 5.72. The van der Waals surface area contributed by atoms with E-state index in [1.807, 2.05) is 13.0 Å². The number of aromatic nitrogens is 3. The van der Waals surface area contributed by atoms with Crippen LogP contribution in [0.5, 0.6) is 0 Å². The van der Waals surface area contributed by atoms with Gasteiger partial charge < -0.3 is 15.6 Å². The third-order valence-electron chi connectivity index (χ3n) is 5.84. The highest BCUT2D eigenvalue weighted by atomic mass is 35.5. The van der Waals surface area contributed by atoms with E-state index in [-0.39, 0.29) is 0 Å². The molecule has 0 spiro atoms. The number of anilines is 2. The Morgan fingerprint density at radius 3 is 2.75 bits per heavy atom. The molecule has 148 valence electrons. The Balaban J connectivity index is 1.43. The van der Waals surface area contributed by atoms with Gasteiger partial charge in [0.15, 0.2) is 5.15 Å². The van der Waals surface area contributed by atoms with Gasteiger partial charge in [-0.15, -0.1) is 0 Å². The molecule has 2 aromatic heterocycles. The summed E-state index contributed by atoms with van der Waals surface area (Å²) in [6.45, 7) is 7.63. The van der Waals surface area contributed by atoms with Gasteiger partial charge in [0.2, 0.25) is 5.95 Å². The first-order valence-corrected chi connectivity index (χ1v) is 10.4. The van der Waals surface area contributed by atoms with Crippen LogP contribution in [-0.4, -0.2) is 21.0 Å². The number of aromatic amines is 1. The monoisotopic (exact) mass is 397 g/mol. The Bertz CT molecular complexity index is 948. The van der Waals surface area contributed by atoms with Crippen molar-refractivity contribution < 1.29 is 0 Å². The Kier molecular flexibility index (Phi) is 5.30. The van der Waals surface area contributed by atoms with Crippen LogP contribution in [0.4, 0.5) is 11.6 Å². The van der Waals surface area contributed by atoms with Gasteiger partial charge in [-0.1, -0.05) is 31.5 Å². The summed E-state index contributed by atoms with van der Waals surface area (Å²) in [5.41, 5.74) is 5.54. The Morgan fingerprint density at radius 1 is 1.21 bits per heavy atom. The largest absolute Gasteiger partial charge is 0.324 e. The fourth-order valence-electron chi connectivity index (χ4n) is 3.89. The van der Waals surface area contributed by atoms with Crippen LogP contribution in [0.25, 0.3) is 11.0 Å². The van der Waals surface area contributed by atoms with Crippen molar-refractivity contribution in [2.24, 2.45) is 5.41 Å². The average Bonchev–Trinajstić information content (AvgIpc) is 3.06. The number of nitrogens with one attached hydrogen (secondary N) is 3. The van der Waals surface area contributed by atoms with Crippen LogP contribution >= 0.6 is 11.6 Å². The zero-order valence-corrected chi connectivity index (χ0v) is 17.5. The first kappa shape index (κ1) is 19.2. The number of fused-ring (bicyclic) bond motifs is 1. The number of benzene rings is 1. The van der Waals surface area contributed by atoms with Gasteiger partial charge in [0, 0.05) is 18.8 Å². The Hall–Kier alpha value is -2.11. The Morgan fingerprint density at radius 2 is 2.00 bits per heavy atom. The van der Waals surface area contributed by atoms with E-state index < -0.39 is 0 Å². The number of hydrogen-bond acceptors (Lipinski definition) is 4. The molecular weight excluding hydrogens is 370 g/mol. The summed E-state index contributed by atoms with van der Waals surface area (Å²) in [6.07, 6.45) is 6.83.